The number of nitrogens with zero attached hydrogens (tertiary/aromatic N) is 3. The average Bonchev–Trinajstić information content (AvgIpc) is 3.85. The van der Waals surface area contributed by atoms with E-state index in [-0.39, 0.29) is 11.6 Å². The maximum atomic E-state index is 15.2. The summed E-state index contributed by atoms with van der Waals surface area (Å²) in [7, 11) is 0. The molecule has 2 aromatic heterocycles. The van der Waals surface area contributed by atoms with Crippen molar-refractivity contribution >= 4 is 105 Å². The molecule has 0 N–H and O–H groups in total. The molecule has 0 radical (unpaired) electrons. The highest BCUT2D eigenvalue weighted by Gasteiger charge is 2.24. The van der Waals surface area contributed by atoms with Gasteiger partial charge in [0.15, 0.2) is 0 Å². The molecule has 0 aliphatic carbocycles. The first-order valence-electron chi connectivity index (χ1n) is 22.7. The number of rotatable bonds is 7. The van der Waals surface area contributed by atoms with Crippen LogP contribution in [-0.2, 0) is 0 Å². The van der Waals surface area contributed by atoms with Crippen LogP contribution >= 0.6 is 0 Å². The van der Waals surface area contributed by atoms with Crippen LogP contribution in [0.1, 0.15) is 11.1 Å². The summed E-state index contributed by atoms with van der Waals surface area (Å²) in [4.78, 5) is 4.31. The molecule has 0 aliphatic rings. The molecule has 5 heteroatoms. The summed E-state index contributed by atoms with van der Waals surface area (Å²) in [5.41, 5.74) is 13.2. The van der Waals surface area contributed by atoms with Gasteiger partial charge in [0.25, 0.3) is 0 Å². The molecule has 0 atom stereocenters. The number of fused-ring (bicyclic) bond motifs is 10. The zero-order valence-electron chi connectivity index (χ0n) is 36.8. The third kappa shape index (κ3) is 6.38. The normalized spacial score (nSPS) is 11.9. The molecular formula is C62H41F2N3. The molecule has 13 aromatic rings. The first-order chi connectivity index (χ1) is 32.8. The van der Waals surface area contributed by atoms with Gasteiger partial charge in [0.2, 0.25) is 0 Å². The van der Waals surface area contributed by atoms with E-state index < -0.39 is 0 Å². The molecule has 3 nitrogen and oxygen atoms in total. The summed E-state index contributed by atoms with van der Waals surface area (Å²) in [6, 6.07) is 72.4. The van der Waals surface area contributed by atoms with Crippen LogP contribution in [-0.4, -0.2) is 4.40 Å². The molecule has 0 spiro atoms. The van der Waals surface area contributed by atoms with Crippen molar-refractivity contribution in [1.29, 1.82) is 0 Å². The topological polar surface area (TPSA) is 10.9 Å². The molecule has 13 rings (SSSR count). The van der Waals surface area contributed by atoms with Gasteiger partial charge in [0, 0.05) is 55.7 Å². The van der Waals surface area contributed by atoms with E-state index in [0.29, 0.717) is 0 Å². The average molecular weight is 866 g/mol. The van der Waals surface area contributed by atoms with Gasteiger partial charge in [-0.15, -0.1) is 0 Å². The molecule has 0 saturated carbocycles. The fraction of sp³-hybridized carbons (Fsp3) is 0.0323. The van der Waals surface area contributed by atoms with Gasteiger partial charge in [-0.05, 0) is 154 Å². The molecule has 67 heavy (non-hydrogen) atoms. The van der Waals surface area contributed by atoms with E-state index in [1.807, 2.05) is 24.3 Å². The molecule has 0 unspecified atom stereocenters. The van der Waals surface area contributed by atoms with E-state index in [2.05, 4.69) is 180 Å². The third-order valence-corrected chi connectivity index (χ3v) is 13.5. The van der Waals surface area contributed by atoms with Gasteiger partial charge >= 0.3 is 0 Å². The van der Waals surface area contributed by atoms with E-state index in [1.54, 1.807) is 24.3 Å². The van der Waals surface area contributed by atoms with Gasteiger partial charge in [0.1, 0.15) is 11.6 Å². The minimum atomic E-state index is -0.295. The Morgan fingerprint density at radius 2 is 0.836 bits per heavy atom. The second-order valence-electron chi connectivity index (χ2n) is 17.9. The summed E-state index contributed by atoms with van der Waals surface area (Å²) in [5, 5.41) is 11.3. The highest BCUT2D eigenvalue weighted by molar-refractivity contribution is 6.32. The van der Waals surface area contributed by atoms with Crippen molar-refractivity contribution in [3.05, 3.63) is 235 Å². The van der Waals surface area contributed by atoms with Crippen LogP contribution in [0.25, 0.3) is 81.5 Å². The molecule has 318 valence electrons. The van der Waals surface area contributed by atoms with E-state index >= 15 is 8.78 Å². The van der Waals surface area contributed by atoms with Crippen LogP contribution in [0.3, 0.4) is 0 Å². The molecule has 0 saturated heterocycles. The second-order valence-corrected chi connectivity index (χ2v) is 17.9. The lowest BCUT2D eigenvalue weighted by atomic mass is 9.97. The fourth-order valence-electron chi connectivity index (χ4n) is 10.7. The van der Waals surface area contributed by atoms with Crippen molar-refractivity contribution in [3.8, 4) is 11.1 Å². The summed E-state index contributed by atoms with van der Waals surface area (Å²) in [6.45, 7) is 4.30. The van der Waals surface area contributed by atoms with Gasteiger partial charge in [0.05, 0.1) is 16.6 Å². The van der Waals surface area contributed by atoms with Crippen molar-refractivity contribution in [1.82, 2.24) is 4.40 Å². The lowest BCUT2D eigenvalue weighted by molar-refractivity contribution is 0.627. The molecule has 0 aliphatic heterocycles. The Hall–Kier alpha value is -8.54. The van der Waals surface area contributed by atoms with Crippen molar-refractivity contribution in [2.45, 2.75) is 13.8 Å². The standard InChI is InChI=1S/C62H41F2N3/c1-38-27-39(2)29-46(28-38)44-20-25-56-59(33-44)67-60-37-54(66(50-16-8-14-48(64)35-50)52-22-18-41-10-4-6-12-43(41)31-52)24-26-55(60)58-32-45-19-23-53(36-57(45)61(56)62(58)67)65(49-15-7-13-47(63)34-49)51-21-17-40-9-3-5-11-42(40)30-51/h3-37H,1-2H3. The first kappa shape index (κ1) is 38.9. The number of hydrogen-bond acceptors (Lipinski definition) is 2. The van der Waals surface area contributed by atoms with Gasteiger partial charge in [-0.1, -0.05) is 126 Å². The Bertz CT molecular complexity index is 4110. The zero-order valence-corrected chi connectivity index (χ0v) is 36.8. The Morgan fingerprint density at radius 1 is 0.328 bits per heavy atom. The second kappa shape index (κ2) is 15.0. The molecule has 0 bridgehead atoms. The first-order valence-corrected chi connectivity index (χ1v) is 22.7. The van der Waals surface area contributed by atoms with Crippen LogP contribution in [0.2, 0.25) is 0 Å². The minimum Gasteiger partial charge on any atom is -0.310 e. The van der Waals surface area contributed by atoms with Crippen molar-refractivity contribution in [2.24, 2.45) is 0 Å². The highest BCUT2D eigenvalue weighted by atomic mass is 19.1. The minimum absolute atomic E-state index is 0.293. The number of anilines is 6. The monoisotopic (exact) mass is 865 g/mol. The maximum Gasteiger partial charge on any atom is 0.125 e. The smallest absolute Gasteiger partial charge is 0.125 e. The predicted molar refractivity (Wildman–Crippen MR) is 278 cm³/mol. The summed E-state index contributed by atoms with van der Waals surface area (Å²) < 4.78 is 32.7. The van der Waals surface area contributed by atoms with Crippen LogP contribution in [0.5, 0.6) is 0 Å². The highest BCUT2D eigenvalue weighted by Crippen LogP contribution is 2.48. The van der Waals surface area contributed by atoms with Gasteiger partial charge in [-0.2, -0.15) is 0 Å². The number of aromatic nitrogens is 1. The van der Waals surface area contributed by atoms with Crippen LogP contribution in [0, 0.1) is 25.5 Å². The number of aryl methyl sites for hydroxylation is 2. The summed E-state index contributed by atoms with van der Waals surface area (Å²) in [6.07, 6.45) is 0. The molecular weight excluding hydrogens is 825 g/mol. The number of benzene rings is 11. The van der Waals surface area contributed by atoms with Crippen LogP contribution in [0.15, 0.2) is 212 Å². The van der Waals surface area contributed by atoms with E-state index in [1.165, 1.54) is 28.8 Å². The van der Waals surface area contributed by atoms with Crippen molar-refractivity contribution in [3.63, 3.8) is 0 Å². The zero-order chi connectivity index (χ0) is 44.9. The lowest BCUT2D eigenvalue weighted by Gasteiger charge is -2.26. The lowest BCUT2D eigenvalue weighted by Crippen LogP contribution is -2.10. The largest absolute Gasteiger partial charge is 0.310 e. The molecule has 0 amide bonds. The van der Waals surface area contributed by atoms with E-state index in [0.717, 1.165) is 110 Å². The van der Waals surface area contributed by atoms with Gasteiger partial charge in [-0.25, -0.2) is 8.78 Å². The summed E-state index contributed by atoms with van der Waals surface area (Å²) >= 11 is 0. The van der Waals surface area contributed by atoms with Crippen molar-refractivity contribution in [2.75, 3.05) is 9.80 Å². The SMILES string of the molecule is Cc1cc(C)cc(-c2ccc3c4c5cc(N(c6cccc(F)c6)c6ccc7ccccc7c6)ccc5cc5c6ccc(N(c7cccc(F)c7)c7ccc8ccccc8c7)cc6n(c3c2)c54)c1. The predicted octanol–water partition coefficient (Wildman–Crippen LogP) is 17.8. The maximum absolute atomic E-state index is 15.2. The van der Waals surface area contributed by atoms with Gasteiger partial charge in [-0.3, -0.25) is 0 Å². The molecule has 2 heterocycles. The Kier molecular flexibility index (Phi) is 8.71. The number of hydrogen-bond donors (Lipinski definition) is 0. The van der Waals surface area contributed by atoms with Gasteiger partial charge < -0.3 is 14.2 Å². The van der Waals surface area contributed by atoms with E-state index in [9.17, 15) is 0 Å². The Labute approximate surface area is 385 Å². The number of halogens is 2. The van der Waals surface area contributed by atoms with Crippen LogP contribution in [0.4, 0.5) is 42.9 Å². The van der Waals surface area contributed by atoms with Crippen LogP contribution < -0.4 is 9.80 Å². The quantitative estimate of drug-likeness (QED) is 0.158. The Balaban J connectivity index is 1.09. The van der Waals surface area contributed by atoms with Crippen molar-refractivity contribution < 1.29 is 8.78 Å². The fourth-order valence-corrected chi connectivity index (χ4v) is 10.7. The molecule has 0 fully saturated rings. The van der Waals surface area contributed by atoms with E-state index in [4.69, 9.17) is 0 Å². The Morgan fingerprint density at radius 3 is 1.45 bits per heavy atom. The molecule has 11 aromatic carbocycles. The summed E-state index contributed by atoms with van der Waals surface area (Å²) in [5.74, 6) is -0.588. The third-order valence-electron chi connectivity index (χ3n) is 13.5.